The summed E-state index contributed by atoms with van der Waals surface area (Å²) < 4.78 is 5.32. The van der Waals surface area contributed by atoms with Gasteiger partial charge in [-0.25, -0.2) is 0 Å². The number of fused-ring (bicyclic) bond motifs is 4. The number of nitrogens with one attached hydrogen (secondary N) is 1. The van der Waals surface area contributed by atoms with Crippen molar-refractivity contribution in [3.8, 4) is 0 Å². The molecule has 3 aliphatic rings. The van der Waals surface area contributed by atoms with Crippen LogP contribution in [0.3, 0.4) is 0 Å². The van der Waals surface area contributed by atoms with Gasteiger partial charge >= 0.3 is 0 Å². The summed E-state index contributed by atoms with van der Waals surface area (Å²) in [7, 11) is 0. The van der Waals surface area contributed by atoms with Crippen molar-refractivity contribution < 1.29 is 9.21 Å². The minimum atomic E-state index is -0.0953. The molecule has 0 aliphatic carbocycles. The number of hydrogen-bond acceptors (Lipinski definition) is 4. The van der Waals surface area contributed by atoms with Crippen molar-refractivity contribution in [1.82, 2.24) is 15.2 Å². The zero-order valence-corrected chi connectivity index (χ0v) is 11.2. The summed E-state index contributed by atoms with van der Waals surface area (Å²) in [5.74, 6) is 0.526. The van der Waals surface area contributed by atoms with E-state index in [0.717, 1.165) is 11.9 Å². The van der Waals surface area contributed by atoms with E-state index in [1.165, 1.54) is 25.9 Å². The van der Waals surface area contributed by atoms with E-state index in [1.807, 2.05) is 6.07 Å². The summed E-state index contributed by atoms with van der Waals surface area (Å²) in [5.41, 5.74) is 1.14. The molecule has 20 heavy (non-hydrogen) atoms. The summed E-state index contributed by atoms with van der Waals surface area (Å²) >= 11 is 0. The van der Waals surface area contributed by atoms with Gasteiger partial charge in [0.15, 0.2) is 0 Å². The van der Waals surface area contributed by atoms with Crippen molar-refractivity contribution in [1.29, 1.82) is 0 Å². The normalized spacial score (nSPS) is 28.7. The SMILES string of the molecule is O=C(N[C@H]1CN2CCC1CC2)c1cc2occc2cn1. The van der Waals surface area contributed by atoms with Crippen molar-refractivity contribution in [3.05, 3.63) is 30.3 Å². The lowest BCUT2D eigenvalue weighted by atomic mass is 9.84. The Morgan fingerprint density at radius 3 is 3.00 bits per heavy atom. The van der Waals surface area contributed by atoms with Gasteiger partial charge in [-0.2, -0.15) is 0 Å². The highest BCUT2D eigenvalue weighted by Crippen LogP contribution is 2.27. The Hall–Kier alpha value is -1.88. The highest BCUT2D eigenvalue weighted by molar-refractivity contribution is 5.95. The van der Waals surface area contributed by atoms with Gasteiger partial charge in [0.05, 0.1) is 6.26 Å². The molecule has 2 aromatic heterocycles. The molecule has 0 unspecified atom stereocenters. The fourth-order valence-corrected chi connectivity index (χ4v) is 3.35. The number of rotatable bonds is 2. The molecule has 0 saturated carbocycles. The van der Waals surface area contributed by atoms with Gasteiger partial charge in [-0.15, -0.1) is 0 Å². The first-order valence-electron chi connectivity index (χ1n) is 7.16. The first kappa shape index (κ1) is 11.9. The van der Waals surface area contributed by atoms with Gasteiger partial charge < -0.3 is 14.6 Å². The lowest BCUT2D eigenvalue weighted by molar-refractivity contribution is 0.0618. The van der Waals surface area contributed by atoms with Crippen LogP contribution in [0.4, 0.5) is 0 Å². The number of piperidine rings is 3. The van der Waals surface area contributed by atoms with Crippen molar-refractivity contribution >= 4 is 16.9 Å². The molecule has 5 rings (SSSR count). The molecule has 2 aromatic rings. The molecular formula is C15H17N3O2. The maximum absolute atomic E-state index is 12.3. The van der Waals surface area contributed by atoms with Gasteiger partial charge in [0.1, 0.15) is 11.3 Å². The van der Waals surface area contributed by atoms with E-state index in [9.17, 15) is 4.79 Å². The Kier molecular flexibility index (Phi) is 2.73. The van der Waals surface area contributed by atoms with Crippen LogP contribution in [0, 0.1) is 5.92 Å². The Morgan fingerprint density at radius 1 is 1.40 bits per heavy atom. The molecule has 5 heterocycles. The third-order valence-electron chi connectivity index (χ3n) is 4.54. The quantitative estimate of drug-likeness (QED) is 0.902. The van der Waals surface area contributed by atoms with Gasteiger partial charge in [0.2, 0.25) is 0 Å². The highest BCUT2D eigenvalue weighted by Gasteiger charge is 2.35. The minimum absolute atomic E-state index is 0.0953. The zero-order valence-electron chi connectivity index (χ0n) is 11.2. The van der Waals surface area contributed by atoms with E-state index in [2.05, 4.69) is 15.2 Å². The summed E-state index contributed by atoms with van der Waals surface area (Å²) in [6.07, 6.45) is 5.68. The lowest BCUT2D eigenvalue weighted by Crippen LogP contribution is -2.57. The monoisotopic (exact) mass is 271 g/mol. The largest absolute Gasteiger partial charge is 0.464 e. The van der Waals surface area contributed by atoms with Crippen LogP contribution in [-0.4, -0.2) is 41.5 Å². The summed E-state index contributed by atoms with van der Waals surface area (Å²) in [6, 6.07) is 3.82. The van der Waals surface area contributed by atoms with Gasteiger partial charge in [0, 0.05) is 30.2 Å². The predicted octanol–water partition coefficient (Wildman–Crippen LogP) is 1.65. The molecule has 1 amide bonds. The predicted molar refractivity (Wildman–Crippen MR) is 74.4 cm³/mol. The topological polar surface area (TPSA) is 58.4 Å². The number of amides is 1. The van der Waals surface area contributed by atoms with E-state index in [0.29, 0.717) is 17.2 Å². The number of hydrogen-bond donors (Lipinski definition) is 1. The molecule has 104 valence electrons. The van der Waals surface area contributed by atoms with Crippen LogP contribution in [0.2, 0.25) is 0 Å². The fraction of sp³-hybridized carbons (Fsp3) is 0.467. The van der Waals surface area contributed by atoms with Crippen molar-refractivity contribution in [3.63, 3.8) is 0 Å². The summed E-state index contributed by atoms with van der Waals surface area (Å²) in [6.45, 7) is 3.32. The molecule has 3 fully saturated rings. The van der Waals surface area contributed by atoms with Crippen LogP contribution in [0.15, 0.2) is 29.0 Å². The average molecular weight is 271 g/mol. The third-order valence-corrected chi connectivity index (χ3v) is 4.54. The summed E-state index contributed by atoms with van der Waals surface area (Å²) in [4.78, 5) is 19.0. The number of carbonyl (C=O) groups is 1. The van der Waals surface area contributed by atoms with Crippen LogP contribution in [0.25, 0.3) is 11.0 Å². The molecule has 3 saturated heterocycles. The van der Waals surface area contributed by atoms with Gasteiger partial charge in [-0.3, -0.25) is 9.78 Å². The second kappa shape index (κ2) is 4.59. The Bertz CT molecular complexity index is 643. The number of carbonyl (C=O) groups excluding carboxylic acids is 1. The van der Waals surface area contributed by atoms with Gasteiger partial charge in [0.25, 0.3) is 5.91 Å². The maximum Gasteiger partial charge on any atom is 0.270 e. The Labute approximate surface area is 117 Å². The lowest BCUT2D eigenvalue weighted by Gasteiger charge is -2.44. The van der Waals surface area contributed by atoms with Crippen molar-refractivity contribution in [2.75, 3.05) is 19.6 Å². The van der Waals surface area contributed by atoms with Crippen molar-refractivity contribution in [2.45, 2.75) is 18.9 Å². The molecule has 1 atom stereocenters. The number of nitrogens with zero attached hydrogens (tertiary/aromatic N) is 2. The first-order valence-corrected chi connectivity index (χ1v) is 7.16. The van der Waals surface area contributed by atoms with E-state index >= 15 is 0 Å². The smallest absolute Gasteiger partial charge is 0.270 e. The number of pyridine rings is 1. The maximum atomic E-state index is 12.3. The minimum Gasteiger partial charge on any atom is -0.464 e. The second-order valence-corrected chi connectivity index (χ2v) is 5.75. The third kappa shape index (κ3) is 1.98. The number of aromatic nitrogens is 1. The van der Waals surface area contributed by atoms with E-state index in [-0.39, 0.29) is 11.9 Å². The second-order valence-electron chi connectivity index (χ2n) is 5.75. The molecule has 5 heteroatoms. The highest BCUT2D eigenvalue weighted by atomic mass is 16.3. The fourth-order valence-electron chi connectivity index (χ4n) is 3.35. The molecule has 0 spiro atoms. The Balaban J connectivity index is 1.52. The van der Waals surface area contributed by atoms with E-state index < -0.39 is 0 Å². The van der Waals surface area contributed by atoms with Crippen LogP contribution in [0.5, 0.6) is 0 Å². The van der Waals surface area contributed by atoms with Crippen LogP contribution in [-0.2, 0) is 0 Å². The average Bonchev–Trinajstić information content (AvgIpc) is 2.96. The zero-order chi connectivity index (χ0) is 13.5. The van der Waals surface area contributed by atoms with Gasteiger partial charge in [-0.1, -0.05) is 0 Å². The van der Waals surface area contributed by atoms with E-state index in [4.69, 9.17) is 4.42 Å². The molecule has 1 N–H and O–H groups in total. The standard InChI is InChI=1S/C15H17N3O2/c19-15(12-7-14-11(8-16-12)3-6-20-14)17-13-9-18-4-1-10(13)2-5-18/h3,6-8,10,13H,1-2,4-5,9H2,(H,17,19)/t13-/m0/s1. The molecule has 5 nitrogen and oxygen atoms in total. The summed E-state index contributed by atoms with van der Waals surface area (Å²) in [5, 5.41) is 4.06. The Morgan fingerprint density at radius 2 is 2.25 bits per heavy atom. The molecule has 0 aromatic carbocycles. The van der Waals surface area contributed by atoms with Crippen LogP contribution in [0.1, 0.15) is 23.3 Å². The van der Waals surface area contributed by atoms with E-state index in [1.54, 1.807) is 18.5 Å². The van der Waals surface area contributed by atoms with Crippen LogP contribution < -0.4 is 5.32 Å². The number of furan rings is 1. The first-order chi connectivity index (χ1) is 9.79. The van der Waals surface area contributed by atoms with Gasteiger partial charge in [-0.05, 0) is 37.9 Å². The van der Waals surface area contributed by atoms with Crippen LogP contribution >= 0.6 is 0 Å². The molecule has 2 bridgehead atoms. The molecule has 0 radical (unpaired) electrons. The molecular weight excluding hydrogens is 254 g/mol. The van der Waals surface area contributed by atoms with Crippen molar-refractivity contribution in [2.24, 2.45) is 5.92 Å². The molecule has 3 aliphatic heterocycles.